The van der Waals surface area contributed by atoms with Crippen LogP contribution in [0.2, 0.25) is 0 Å². The lowest BCUT2D eigenvalue weighted by molar-refractivity contribution is -0.116. The molecule has 3 rings (SSSR count). The molecule has 2 N–H and O–H groups in total. The normalized spacial score (nSPS) is 13.7. The Morgan fingerprint density at radius 1 is 1.26 bits per heavy atom. The second kappa shape index (κ2) is 7.09. The van der Waals surface area contributed by atoms with Gasteiger partial charge in [-0.15, -0.1) is 11.8 Å². The molecule has 0 spiro atoms. The number of carbonyl (C=O) groups is 1. The highest BCUT2D eigenvalue weighted by molar-refractivity contribution is 7.99. The zero-order valence-corrected chi connectivity index (χ0v) is 14.2. The van der Waals surface area contributed by atoms with Crippen LogP contribution < -0.4 is 10.6 Å². The van der Waals surface area contributed by atoms with E-state index in [2.05, 4.69) is 31.2 Å². The van der Waals surface area contributed by atoms with Gasteiger partial charge in [0.1, 0.15) is 0 Å². The average Bonchev–Trinajstić information content (AvgIpc) is 2.55. The smallest absolute Gasteiger partial charge is 0.236 e. The number of nitrogens with two attached hydrogens (primary N) is 1. The fraction of sp³-hybridized carbons (Fsp3) is 0.316. The molecule has 1 aliphatic heterocycles. The molecule has 1 aliphatic rings. The Morgan fingerprint density at radius 2 is 2.09 bits per heavy atom. The summed E-state index contributed by atoms with van der Waals surface area (Å²) in [6.45, 7) is 2.88. The summed E-state index contributed by atoms with van der Waals surface area (Å²) in [5, 5.41) is 0. The minimum Gasteiger partial charge on any atom is -0.398 e. The first-order valence-corrected chi connectivity index (χ1v) is 9.11. The van der Waals surface area contributed by atoms with Crippen LogP contribution in [-0.2, 0) is 17.0 Å². The number of fused-ring (bicyclic) bond motifs is 1. The van der Waals surface area contributed by atoms with Gasteiger partial charge in [-0.3, -0.25) is 4.79 Å². The Morgan fingerprint density at radius 3 is 2.91 bits per heavy atom. The molecule has 1 amide bonds. The number of thioether (sulfide) groups is 1. The molecule has 0 bridgehead atoms. The summed E-state index contributed by atoms with van der Waals surface area (Å²) in [5.74, 6) is 1.54. The number of rotatable bonds is 4. The van der Waals surface area contributed by atoms with Crippen LogP contribution >= 0.6 is 11.8 Å². The highest BCUT2D eigenvalue weighted by Gasteiger charge is 2.23. The molecule has 0 saturated heterocycles. The minimum atomic E-state index is 0.175. The quantitative estimate of drug-likeness (QED) is 0.870. The van der Waals surface area contributed by atoms with Crippen molar-refractivity contribution in [3.8, 4) is 0 Å². The van der Waals surface area contributed by atoms with E-state index >= 15 is 0 Å². The Labute approximate surface area is 141 Å². The molecule has 23 heavy (non-hydrogen) atoms. The summed E-state index contributed by atoms with van der Waals surface area (Å²) >= 11 is 1.67. The molecule has 3 nitrogen and oxygen atoms in total. The average molecular weight is 326 g/mol. The standard InChI is InChI=1S/C19H22N2OS/c1-14-5-2-6-15(11-14)12-23-13-19(22)21-10-4-7-16-17(20)8-3-9-18(16)21/h2-3,5-6,8-9,11H,4,7,10,12-13,20H2,1H3. The lowest BCUT2D eigenvalue weighted by atomic mass is 10.00. The number of aryl methyl sites for hydroxylation is 1. The van der Waals surface area contributed by atoms with Gasteiger partial charge in [0.25, 0.3) is 0 Å². The third kappa shape index (κ3) is 3.70. The third-order valence-corrected chi connectivity index (χ3v) is 5.15. The van der Waals surface area contributed by atoms with Crippen molar-refractivity contribution < 1.29 is 4.79 Å². The molecule has 0 radical (unpaired) electrons. The fourth-order valence-corrected chi connectivity index (χ4v) is 3.89. The summed E-state index contributed by atoms with van der Waals surface area (Å²) in [7, 11) is 0. The predicted octanol–water partition coefficient (Wildman–Crippen LogP) is 3.79. The summed E-state index contributed by atoms with van der Waals surface area (Å²) in [6, 6.07) is 14.3. The number of hydrogen-bond donors (Lipinski definition) is 1. The minimum absolute atomic E-state index is 0.175. The van der Waals surface area contributed by atoms with E-state index in [4.69, 9.17) is 5.73 Å². The van der Waals surface area contributed by atoms with Crippen molar-refractivity contribution in [1.82, 2.24) is 0 Å². The van der Waals surface area contributed by atoms with Gasteiger partial charge < -0.3 is 10.6 Å². The summed E-state index contributed by atoms with van der Waals surface area (Å²) < 4.78 is 0. The molecule has 2 aromatic rings. The summed E-state index contributed by atoms with van der Waals surface area (Å²) in [5.41, 5.74) is 11.5. The van der Waals surface area contributed by atoms with Crippen molar-refractivity contribution in [1.29, 1.82) is 0 Å². The molecular formula is C19H22N2OS. The van der Waals surface area contributed by atoms with E-state index < -0.39 is 0 Å². The van der Waals surface area contributed by atoms with Crippen molar-refractivity contribution in [2.45, 2.75) is 25.5 Å². The Kier molecular flexibility index (Phi) is 4.91. The molecule has 0 fully saturated rings. The summed E-state index contributed by atoms with van der Waals surface area (Å²) in [6.07, 6.45) is 1.94. The van der Waals surface area contributed by atoms with Crippen LogP contribution in [0.1, 0.15) is 23.1 Å². The molecule has 0 aliphatic carbocycles. The number of amides is 1. The molecule has 0 saturated carbocycles. The Hall–Kier alpha value is -1.94. The van der Waals surface area contributed by atoms with Crippen LogP contribution in [0.5, 0.6) is 0 Å². The van der Waals surface area contributed by atoms with Crippen molar-refractivity contribution in [2.24, 2.45) is 0 Å². The van der Waals surface area contributed by atoms with Crippen LogP contribution in [-0.4, -0.2) is 18.2 Å². The molecule has 0 unspecified atom stereocenters. The molecule has 120 valence electrons. The monoisotopic (exact) mass is 326 g/mol. The largest absolute Gasteiger partial charge is 0.398 e. The van der Waals surface area contributed by atoms with Crippen molar-refractivity contribution in [2.75, 3.05) is 22.9 Å². The first kappa shape index (κ1) is 15.9. The van der Waals surface area contributed by atoms with Gasteiger partial charge >= 0.3 is 0 Å². The van der Waals surface area contributed by atoms with Crippen LogP contribution in [0, 0.1) is 6.92 Å². The van der Waals surface area contributed by atoms with Gasteiger partial charge in [0, 0.05) is 23.7 Å². The Bertz CT molecular complexity index is 714. The number of carbonyl (C=O) groups excluding carboxylic acids is 1. The van der Waals surface area contributed by atoms with Crippen LogP contribution in [0.25, 0.3) is 0 Å². The van der Waals surface area contributed by atoms with Crippen LogP contribution in [0.3, 0.4) is 0 Å². The number of anilines is 2. The number of benzene rings is 2. The predicted molar refractivity (Wildman–Crippen MR) is 98.9 cm³/mol. The van der Waals surface area contributed by atoms with Gasteiger partial charge in [-0.1, -0.05) is 35.9 Å². The zero-order valence-electron chi connectivity index (χ0n) is 13.4. The van der Waals surface area contributed by atoms with E-state index in [1.165, 1.54) is 11.1 Å². The van der Waals surface area contributed by atoms with Gasteiger partial charge in [-0.25, -0.2) is 0 Å². The van der Waals surface area contributed by atoms with Gasteiger partial charge in [-0.2, -0.15) is 0 Å². The van der Waals surface area contributed by atoms with E-state index in [1.54, 1.807) is 11.8 Å². The second-order valence-electron chi connectivity index (χ2n) is 5.98. The van der Waals surface area contributed by atoms with Gasteiger partial charge in [0.15, 0.2) is 0 Å². The summed E-state index contributed by atoms with van der Waals surface area (Å²) in [4.78, 5) is 14.5. The Balaban J connectivity index is 1.62. The molecule has 1 heterocycles. The van der Waals surface area contributed by atoms with Crippen molar-refractivity contribution in [3.63, 3.8) is 0 Å². The number of nitrogen functional groups attached to an aromatic ring is 1. The molecular weight excluding hydrogens is 304 g/mol. The van der Waals surface area contributed by atoms with Crippen LogP contribution in [0.4, 0.5) is 11.4 Å². The third-order valence-electron chi connectivity index (χ3n) is 4.16. The van der Waals surface area contributed by atoms with E-state index in [0.717, 1.165) is 42.1 Å². The second-order valence-corrected chi connectivity index (χ2v) is 6.96. The first-order valence-electron chi connectivity index (χ1n) is 7.96. The van der Waals surface area contributed by atoms with E-state index in [0.29, 0.717) is 5.75 Å². The molecule has 2 aromatic carbocycles. The first-order chi connectivity index (χ1) is 11.1. The maximum absolute atomic E-state index is 12.6. The lowest BCUT2D eigenvalue weighted by Gasteiger charge is -2.30. The number of nitrogens with zero attached hydrogens (tertiary/aromatic N) is 1. The van der Waals surface area contributed by atoms with Crippen molar-refractivity contribution >= 4 is 29.0 Å². The van der Waals surface area contributed by atoms with Gasteiger partial charge in [0.05, 0.1) is 5.75 Å². The molecule has 0 aromatic heterocycles. The van der Waals surface area contributed by atoms with Crippen molar-refractivity contribution in [3.05, 3.63) is 59.2 Å². The number of hydrogen-bond acceptors (Lipinski definition) is 3. The van der Waals surface area contributed by atoms with E-state index in [1.807, 2.05) is 23.1 Å². The maximum atomic E-state index is 12.6. The highest BCUT2D eigenvalue weighted by atomic mass is 32.2. The molecule has 4 heteroatoms. The fourth-order valence-electron chi connectivity index (χ4n) is 3.05. The SMILES string of the molecule is Cc1cccc(CSCC(=O)N2CCCc3c(N)cccc32)c1. The topological polar surface area (TPSA) is 46.3 Å². The van der Waals surface area contributed by atoms with Gasteiger partial charge in [0.2, 0.25) is 5.91 Å². The van der Waals surface area contributed by atoms with E-state index in [-0.39, 0.29) is 5.91 Å². The van der Waals surface area contributed by atoms with Gasteiger partial charge in [-0.05, 0) is 43.0 Å². The lowest BCUT2D eigenvalue weighted by Crippen LogP contribution is -2.37. The maximum Gasteiger partial charge on any atom is 0.236 e. The highest BCUT2D eigenvalue weighted by Crippen LogP contribution is 2.31. The van der Waals surface area contributed by atoms with Crippen LogP contribution in [0.15, 0.2) is 42.5 Å². The zero-order chi connectivity index (χ0) is 16.2. The molecule has 0 atom stereocenters. The van der Waals surface area contributed by atoms with E-state index in [9.17, 15) is 4.79 Å².